The van der Waals surface area contributed by atoms with E-state index in [-0.39, 0.29) is 29.6 Å². The Labute approximate surface area is 142 Å². The van der Waals surface area contributed by atoms with Gasteiger partial charge in [0.05, 0.1) is 33.7 Å². The van der Waals surface area contributed by atoms with Crippen molar-refractivity contribution in [3.05, 3.63) is 62.6 Å². The fraction of sp³-hybridized carbons (Fsp3) is 0.133. The molecule has 6 nitrogen and oxygen atoms in total. The normalized spacial score (nSPS) is 10.2. The molecule has 23 heavy (non-hydrogen) atoms. The van der Waals surface area contributed by atoms with E-state index in [0.29, 0.717) is 16.5 Å². The zero-order valence-corrected chi connectivity index (χ0v) is 13.3. The van der Waals surface area contributed by atoms with Crippen LogP contribution < -0.4 is 10.1 Å². The van der Waals surface area contributed by atoms with Crippen LogP contribution in [-0.2, 0) is 4.79 Å². The van der Waals surface area contributed by atoms with Crippen LogP contribution in [0.15, 0.2) is 42.5 Å². The first-order valence-electron chi connectivity index (χ1n) is 6.58. The lowest BCUT2D eigenvalue weighted by Gasteiger charge is -2.09. The van der Waals surface area contributed by atoms with E-state index in [1.165, 1.54) is 24.3 Å². The third-order valence-electron chi connectivity index (χ3n) is 2.87. The van der Waals surface area contributed by atoms with E-state index < -0.39 is 4.92 Å². The minimum absolute atomic E-state index is 0.0225. The second-order valence-corrected chi connectivity index (χ2v) is 5.28. The van der Waals surface area contributed by atoms with Crippen molar-refractivity contribution in [2.24, 2.45) is 0 Å². The quantitative estimate of drug-likeness (QED) is 0.618. The van der Waals surface area contributed by atoms with Crippen LogP contribution in [0.25, 0.3) is 0 Å². The van der Waals surface area contributed by atoms with E-state index in [0.717, 1.165) is 0 Å². The van der Waals surface area contributed by atoms with Crippen LogP contribution in [0.1, 0.15) is 6.42 Å². The Hall–Kier alpha value is -2.31. The lowest BCUT2D eigenvalue weighted by Crippen LogP contribution is -2.15. The van der Waals surface area contributed by atoms with Gasteiger partial charge in [0, 0.05) is 12.1 Å². The summed E-state index contributed by atoms with van der Waals surface area (Å²) in [5.74, 6) is 0.167. The van der Waals surface area contributed by atoms with Crippen molar-refractivity contribution in [1.82, 2.24) is 0 Å². The molecule has 0 radical (unpaired) electrons. The van der Waals surface area contributed by atoms with Crippen LogP contribution in [-0.4, -0.2) is 17.4 Å². The van der Waals surface area contributed by atoms with Crippen molar-refractivity contribution in [2.75, 3.05) is 11.9 Å². The lowest BCUT2D eigenvalue weighted by molar-refractivity contribution is -0.384. The van der Waals surface area contributed by atoms with Gasteiger partial charge < -0.3 is 10.1 Å². The Kier molecular flexibility index (Phi) is 5.78. The molecule has 1 N–H and O–H groups in total. The van der Waals surface area contributed by atoms with Gasteiger partial charge in [0.15, 0.2) is 0 Å². The first-order chi connectivity index (χ1) is 11.0. The number of anilines is 1. The Morgan fingerprint density at radius 3 is 2.52 bits per heavy atom. The first-order valence-corrected chi connectivity index (χ1v) is 7.34. The summed E-state index contributed by atoms with van der Waals surface area (Å²) < 4.78 is 5.36. The number of amides is 1. The monoisotopic (exact) mass is 354 g/mol. The van der Waals surface area contributed by atoms with E-state index in [4.69, 9.17) is 27.9 Å². The Balaban J connectivity index is 1.83. The number of hydrogen-bond acceptors (Lipinski definition) is 4. The molecule has 0 aliphatic heterocycles. The number of nitrogens with one attached hydrogen (secondary N) is 1. The Morgan fingerprint density at radius 2 is 1.87 bits per heavy atom. The second kappa shape index (κ2) is 7.80. The van der Waals surface area contributed by atoms with Crippen LogP contribution in [0.5, 0.6) is 5.75 Å². The molecule has 2 rings (SSSR count). The van der Waals surface area contributed by atoms with Gasteiger partial charge in [-0.15, -0.1) is 0 Å². The summed E-state index contributed by atoms with van der Waals surface area (Å²) >= 11 is 11.8. The van der Waals surface area contributed by atoms with Crippen molar-refractivity contribution < 1.29 is 14.5 Å². The van der Waals surface area contributed by atoms with Gasteiger partial charge in [-0.3, -0.25) is 14.9 Å². The molecule has 0 unspecified atom stereocenters. The number of hydrogen-bond donors (Lipinski definition) is 1. The number of carbonyl (C=O) groups is 1. The maximum Gasteiger partial charge on any atom is 0.269 e. The summed E-state index contributed by atoms with van der Waals surface area (Å²) in [7, 11) is 0. The van der Waals surface area contributed by atoms with E-state index in [2.05, 4.69) is 5.32 Å². The smallest absolute Gasteiger partial charge is 0.269 e. The molecule has 2 aromatic carbocycles. The number of carbonyl (C=O) groups excluding carboxylic acids is 1. The highest BCUT2D eigenvalue weighted by molar-refractivity contribution is 6.43. The second-order valence-electron chi connectivity index (χ2n) is 4.50. The fourth-order valence-corrected chi connectivity index (χ4v) is 2.09. The molecule has 0 heterocycles. The molecule has 0 spiro atoms. The van der Waals surface area contributed by atoms with E-state index in [1.807, 2.05) is 0 Å². The summed E-state index contributed by atoms with van der Waals surface area (Å²) in [6.07, 6.45) is 0.0971. The van der Waals surface area contributed by atoms with Crippen LogP contribution in [0.2, 0.25) is 10.0 Å². The lowest BCUT2D eigenvalue weighted by atomic mass is 10.3. The minimum atomic E-state index is -0.494. The molecular formula is C15H12Cl2N2O4. The van der Waals surface area contributed by atoms with Crippen molar-refractivity contribution in [1.29, 1.82) is 0 Å². The molecule has 0 saturated heterocycles. The number of halogens is 2. The van der Waals surface area contributed by atoms with Gasteiger partial charge in [-0.25, -0.2) is 0 Å². The minimum Gasteiger partial charge on any atom is -0.493 e. The van der Waals surface area contributed by atoms with Gasteiger partial charge >= 0.3 is 0 Å². The highest BCUT2D eigenvalue weighted by atomic mass is 35.5. The first kappa shape index (κ1) is 17.1. The topological polar surface area (TPSA) is 81.5 Å². The number of non-ortho nitro benzene ring substituents is 1. The number of nitro benzene ring substituents is 1. The van der Waals surface area contributed by atoms with Gasteiger partial charge in [0.25, 0.3) is 5.69 Å². The van der Waals surface area contributed by atoms with Crippen LogP contribution in [0.4, 0.5) is 11.4 Å². The maximum absolute atomic E-state index is 11.8. The third-order valence-corrected chi connectivity index (χ3v) is 3.69. The molecule has 2 aromatic rings. The number of benzene rings is 2. The fourth-order valence-electron chi connectivity index (χ4n) is 1.74. The predicted molar refractivity (Wildman–Crippen MR) is 88.3 cm³/mol. The van der Waals surface area contributed by atoms with Gasteiger partial charge in [-0.1, -0.05) is 29.3 Å². The molecule has 8 heteroatoms. The largest absolute Gasteiger partial charge is 0.493 e. The highest BCUT2D eigenvalue weighted by Crippen LogP contribution is 2.29. The maximum atomic E-state index is 11.8. The van der Waals surface area contributed by atoms with Gasteiger partial charge in [0.1, 0.15) is 5.75 Å². The Morgan fingerprint density at radius 1 is 1.17 bits per heavy atom. The summed E-state index contributed by atoms with van der Waals surface area (Å²) in [4.78, 5) is 21.9. The zero-order chi connectivity index (χ0) is 16.8. The van der Waals surface area contributed by atoms with Crippen molar-refractivity contribution in [3.63, 3.8) is 0 Å². The number of ether oxygens (including phenoxy) is 1. The van der Waals surface area contributed by atoms with Crippen molar-refractivity contribution in [2.45, 2.75) is 6.42 Å². The molecule has 0 aromatic heterocycles. The van der Waals surface area contributed by atoms with Crippen LogP contribution in [0, 0.1) is 10.1 Å². The molecule has 0 atom stereocenters. The number of rotatable bonds is 6. The average Bonchev–Trinajstić information content (AvgIpc) is 2.52. The molecule has 1 amide bonds. The molecular weight excluding hydrogens is 343 g/mol. The number of nitrogens with zero attached hydrogens (tertiary/aromatic N) is 1. The van der Waals surface area contributed by atoms with Gasteiger partial charge in [0.2, 0.25) is 5.91 Å². The van der Waals surface area contributed by atoms with Crippen LogP contribution in [0.3, 0.4) is 0 Å². The van der Waals surface area contributed by atoms with Crippen molar-refractivity contribution in [3.8, 4) is 5.75 Å². The van der Waals surface area contributed by atoms with Crippen LogP contribution >= 0.6 is 23.2 Å². The predicted octanol–water partition coefficient (Wildman–Crippen LogP) is 4.31. The molecule has 0 aliphatic rings. The van der Waals surface area contributed by atoms with Gasteiger partial charge in [-0.2, -0.15) is 0 Å². The van der Waals surface area contributed by atoms with Gasteiger partial charge in [-0.05, 0) is 24.3 Å². The molecule has 0 fully saturated rings. The summed E-state index contributed by atoms with van der Waals surface area (Å²) in [5.41, 5.74) is 0.408. The highest BCUT2D eigenvalue weighted by Gasteiger charge is 2.09. The summed E-state index contributed by atoms with van der Waals surface area (Å²) in [6.45, 7) is 0.127. The molecule has 0 aliphatic carbocycles. The SMILES string of the molecule is O=C(CCOc1ccc([N+](=O)[O-])cc1)Nc1cccc(Cl)c1Cl. The molecule has 0 bridgehead atoms. The molecule has 120 valence electrons. The average molecular weight is 355 g/mol. The summed E-state index contributed by atoms with van der Waals surface area (Å²) in [5, 5.41) is 13.8. The standard InChI is InChI=1S/C15H12Cl2N2O4/c16-12-2-1-3-13(15(12)17)18-14(20)8-9-23-11-6-4-10(5-7-11)19(21)22/h1-7H,8-9H2,(H,18,20). The number of nitro groups is 1. The third kappa shape index (κ3) is 4.84. The summed E-state index contributed by atoms with van der Waals surface area (Å²) in [6, 6.07) is 10.6. The van der Waals surface area contributed by atoms with E-state index in [9.17, 15) is 14.9 Å². The van der Waals surface area contributed by atoms with E-state index in [1.54, 1.807) is 18.2 Å². The van der Waals surface area contributed by atoms with Crippen molar-refractivity contribution >= 4 is 40.5 Å². The van der Waals surface area contributed by atoms with E-state index >= 15 is 0 Å². The molecule has 0 saturated carbocycles. The zero-order valence-electron chi connectivity index (χ0n) is 11.8. The Bertz CT molecular complexity index is 720.